The van der Waals surface area contributed by atoms with E-state index in [1.807, 2.05) is 6.07 Å². The number of phenols is 1. The summed E-state index contributed by atoms with van der Waals surface area (Å²) in [5, 5.41) is 22.8. The van der Waals surface area contributed by atoms with E-state index in [9.17, 15) is 15.0 Å². The fourth-order valence-corrected chi connectivity index (χ4v) is 2.01. The smallest absolute Gasteiger partial charge is 0.358 e. The number of nitrogens with zero attached hydrogens (tertiary/aromatic N) is 2. The molecule has 0 bridgehead atoms. The second kappa shape index (κ2) is 5.61. The summed E-state index contributed by atoms with van der Waals surface area (Å²) in [6.45, 7) is 0. The minimum absolute atomic E-state index is 0.0884. The maximum atomic E-state index is 11.5. The van der Waals surface area contributed by atoms with Crippen LogP contribution < -0.4 is 4.74 Å². The number of ether oxygens (including phenoxy) is 1. The Morgan fingerprint density at radius 3 is 2.36 bits per heavy atom. The SMILES string of the molecule is O=C(O)c1c(Oc2ccccc2)cnn1-c1ccc(O)cc1. The van der Waals surface area contributed by atoms with Crippen molar-refractivity contribution in [3.05, 3.63) is 66.5 Å². The van der Waals surface area contributed by atoms with Gasteiger partial charge in [0, 0.05) is 0 Å². The Kier molecular flexibility index (Phi) is 3.49. The van der Waals surface area contributed by atoms with Gasteiger partial charge in [-0.2, -0.15) is 5.10 Å². The lowest BCUT2D eigenvalue weighted by molar-refractivity contribution is 0.0684. The average Bonchev–Trinajstić information content (AvgIpc) is 2.93. The maximum Gasteiger partial charge on any atom is 0.358 e. The molecule has 3 aromatic rings. The Morgan fingerprint density at radius 2 is 1.73 bits per heavy atom. The number of carbonyl (C=O) groups is 1. The molecule has 0 saturated carbocycles. The molecule has 1 aromatic heterocycles. The minimum atomic E-state index is -1.16. The number of carboxylic acid groups (broad SMARTS) is 1. The predicted molar refractivity (Wildman–Crippen MR) is 78.7 cm³/mol. The largest absolute Gasteiger partial charge is 0.508 e. The van der Waals surface area contributed by atoms with Gasteiger partial charge in [0.05, 0.1) is 11.9 Å². The highest BCUT2D eigenvalue weighted by Crippen LogP contribution is 2.27. The zero-order valence-electron chi connectivity index (χ0n) is 11.4. The summed E-state index contributed by atoms with van der Waals surface area (Å²) in [5.74, 6) is -0.396. The first kappa shape index (κ1) is 13.7. The van der Waals surface area contributed by atoms with Crippen LogP contribution in [0.25, 0.3) is 5.69 Å². The van der Waals surface area contributed by atoms with E-state index in [0.29, 0.717) is 11.4 Å². The number of aromatic carboxylic acids is 1. The number of hydrogen-bond acceptors (Lipinski definition) is 4. The zero-order valence-corrected chi connectivity index (χ0v) is 11.4. The quantitative estimate of drug-likeness (QED) is 0.773. The molecule has 0 radical (unpaired) electrons. The van der Waals surface area contributed by atoms with Crippen molar-refractivity contribution in [2.24, 2.45) is 0 Å². The monoisotopic (exact) mass is 296 g/mol. The highest BCUT2D eigenvalue weighted by molar-refractivity contribution is 5.89. The van der Waals surface area contributed by atoms with Gasteiger partial charge in [0.25, 0.3) is 0 Å². The van der Waals surface area contributed by atoms with Crippen molar-refractivity contribution in [1.82, 2.24) is 9.78 Å². The number of benzene rings is 2. The normalized spacial score (nSPS) is 10.4. The number of rotatable bonds is 4. The van der Waals surface area contributed by atoms with E-state index in [2.05, 4.69) is 5.10 Å². The van der Waals surface area contributed by atoms with Gasteiger partial charge < -0.3 is 14.9 Å². The third kappa shape index (κ3) is 2.62. The topological polar surface area (TPSA) is 84.6 Å². The van der Waals surface area contributed by atoms with E-state index in [-0.39, 0.29) is 17.2 Å². The fourth-order valence-electron chi connectivity index (χ4n) is 2.01. The van der Waals surface area contributed by atoms with Crippen molar-refractivity contribution >= 4 is 5.97 Å². The molecule has 22 heavy (non-hydrogen) atoms. The van der Waals surface area contributed by atoms with Gasteiger partial charge >= 0.3 is 5.97 Å². The molecule has 110 valence electrons. The van der Waals surface area contributed by atoms with Crippen molar-refractivity contribution < 1.29 is 19.7 Å². The van der Waals surface area contributed by atoms with Gasteiger partial charge in [-0.1, -0.05) is 18.2 Å². The molecular formula is C16H12N2O4. The lowest BCUT2D eigenvalue weighted by Crippen LogP contribution is -2.09. The van der Waals surface area contributed by atoms with Crippen LogP contribution in [-0.2, 0) is 0 Å². The Hall–Kier alpha value is -3.28. The molecule has 0 unspecified atom stereocenters. The van der Waals surface area contributed by atoms with Gasteiger partial charge in [0.2, 0.25) is 0 Å². The van der Waals surface area contributed by atoms with Crippen LogP contribution in [0.15, 0.2) is 60.8 Å². The van der Waals surface area contributed by atoms with E-state index in [0.717, 1.165) is 0 Å². The van der Waals surface area contributed by atoms with Crippen LogP contribution in [-0.4, -0.2) is 26.0 Å². The maximum absolute atomic E-state index is 11.5. The van der Waals surface area contributed by atoms with Crippen LogP contribution in [0.1, 0.15) is 10.5 Å². The molecule has 0 aliphatic heterocycles. The first-order valence-corrected chi connectivity index (χ1v) is 6.49. The molecule has 6 nitrogen and oxygen atoms in total. The van der Waals surface area contributed by atoms with Crippen molar-refractivity contribution in [2.75, 3.05) is 0 Å². The van der Waals surface area contributed by atoms with E-state index < -0.39 is 5.97 Å². The number of aromatic nitrogens is 2. The molecule has 1 heterocycles. The molecule has 0 amide bonds. The van der Waals surface area contributed by atoms with Crippen molar-refractivity contribution in [2.45, 2.75) is 0 Å². The summed E-state index contributed by atoms with van der Waals surface area (Å²) in [5.41, 5.74) is 0.424. The summed E-state index contributed by atoms with van der Waals surface area (Å²) in [6.07, 6.45) is 1.35. The van der Waals surface area contributed by atoms with Crippen molar-refractivity contribution in [3.63, 3.8) is 0 Å². The lowest BCUT2D eigenvalue weighted by Gasteiger charge is -2.07. The molecule has 0 saturated heterocycles. The van der Waals surface area contributed by atoms with E-state index in [1.165, 1.54) is 23.0 Å². The molecule has 0 spiro atoms. The molecule has 2 N–H and O–H groups in total. The second-order valence-electron chi connectivity index (χ2n) is 4.51. The molecule has 2 aromatic carbocycles. The van der Waals surface area contributed by atoms with Crippen LogP contribution in [0.3, 0.4) is 0 Å². The Morgan fingerprint density at radius 1 is 1.05 bits per heavy atom. The molecule has 3 rings (SSSR count). The molecule has 0 fully saturated rings. The van der Waals surface area contributed by atoms with Gasteiger partial charge in [-0.05, 0) is 36.4 Å². The summed E-state index contributed by atoms with van der Waals surface area (Å²) in [7, 11) is 0. The van der Waals surface area contributed by atoms with Crippen LogP contribution in [0.5, 0.6) is 17.2 Å². The molecule has 0 aliphatic carbocycles. The number of phenolic OH excluding ortho intramolecular Hbond substituents is 1. The highest BCUT2D eigenvalue weighted by atomic mass is 16.5. The van der Waals surface area contributed by atoms with Gasteiger partial charge in [-0.25, -0.2) is 9.48 Å². The lowest BCUT2D eigenvalue weighted by atomic mass is 10.3. The fraction of sp³-hybridized carbons (Fsp3) is 0. The third-order valence-electron chi connectivity index (χ3n) is 3.00. The summed E-state index contributed by atoms with van der Waals surface area (Å²) in [6, 6.07) is 14.9. The first-order chi connectivity index (χ1) is 10.6. The number of carboxylic acids is 1. The van der Waals surface area contributed by atoms with Gasteiger partial charge in [-0.15, -0.1) is 0 Å². The van der Waals surface area contributed by atoms with Gasteiger partial charge in [0.1, 0.15) is 11.5 Å². The van der Waals surface area contributed by atoms with E-state index >= 15 is 0 Å². The third-order valence-corrected chi connectivity index (χ3v) is 3.00. The molecule has 0 aliphatic rings. The number of para-hydroxylation sites is 1. The standard InChI is InChI=1S/C16H12N2O4/c19-12-8-6-11(7-9-12)18-15(16(20)21)14(10-17-18)22-13-4-2-1-3-5-13/h1-10,19H,(H,20,21). The minimum Gasteiger partial charge on any atom is -0.508 e. The number of aromatic hydroxyl groups is 1. The summed E-state index contributed by atoms with van der Waals surface area (Å²) >= 11 is 0. The Bertz CT molecular complexity index is 795. The van der Waals surface area contributed by atoms with Crippen LogP contribution in [0, 0.1) is 0 Å². The van der Waals surface area contributed by atoms with Crippen molar-refractivity contribution in [3.8, 4) is 22.9 Å². The molecule has 6 heteroatoms. The average molecular weight is 296 g/mol. The van der Waals surface area contributed by atoms with Crippen LogP contribution in [0.2, 0.25) is 0 Å². The Labute approximate surface area is 125 Å². The highest BCUT2D eigenvalue weighted by Gasteiger charge is 2.21. The van der Waals surface area contributed by atoms with Gasteiger partial charge in [-0.3, -0.25) is 0 Å². The molecule has 0 atom stereocenters. The van der Waals surface area contributed by atoms with Gasteiger partial charge in [0.15, 0.2) is 11.4 Å². The second-order valence-corrected chi connectivity index (χ2v) is 4.51. The van der Waals surface area contributed by atoms with Crippen molar-refractivity contribution in [1.29, 1.82) is 0 Å². The van der Waals surface area contributed by atoms with E-state index in [1.54, 1.807) is 36.4 Å². The van der Waals surface area contributed by atoms with E-state index in [4.69, 9.17) is 4.74 Å². The Balaban J connectivity index is 2.02. The molecular weight excluding hydrogens is 284 g/mol. The van der Waals surface area contributed by atoms with Crippen LogP contribution in [0.4, 0.5) is 0 Å². The zero-order chi connectivity index (χ0) is 15.5. The summed E-state index contributed by atoms with van der Waals surface area (Å²) in [4.78, 5) is 11.5. The first-order valence-electron chi connectivity index (χ1n) is 6.49. The summed E-state index contributed by atoms with van der Waals surface area (Å²) < 4.78 is 6.83. The predicted octanol–water partition coefficient (Wildman–Crippen LogP) is 3.07. The van der Waals surface area contributed by atoms with Crippen LogP contribution >= 0.6 is 0 Å². The number of hydrogen-bond donors (Lipinski definition) is 2.